The van der Waals surface area contributed by atoms with E-state index in [1.54, 1.807) is 183 Å². The fourth-order valence-electron chi connectivity index (χ4n) is 8.93. The first kappa shape index (κ1) is 86.8. The molecule has 6 atom stereocenters. The van der Waals surface area contributed by atoms with Crippen LogP contribution in [0, 0.1) is 10.8 Å². The van der Waals surface area contributed by atoms with Crippen molar-refractivity contribution in [3.8, 4) is 0 Å². The van der Waals surface area contributed by atoms with Gasteiger partial charge in [-0.2, -0.15) is 0 Å². The molecule has 101 heavy (non-hydrogen) atoms. The number of benzene rings is 6. The van der Waals surface area contributed by atoms with Gasteiger partial charge in [0, 0.05) is 0 Å². The van der Waals surface area contributed by atoms with E-state index in [0.717, 1.165) is 70.6 Å². The third-order valence-electron chi connectivity index (χ3n) is 14.1. The van der Waals surface area contributed by atoms with Crippen molar-refractivity contribution in [3.05, 3.63) is 215 Å². The van der Waals surface area contributed by atoms with Crippen LogP contribution in [0.15, 0.2) is 182 Å². The number of hydrogen-bond acceptors (Lipinski definition) is 31. The molecule has 0 N–H and O–H groups in total. The van der Waals surface area contributed by atoms with E-state index in [-0.39, 0.29) is 0 Å². The van der Waals surface area contributed by atoms with Gasteiger partial charge >= 0.3 is 35.8 Å². The Kier molecular flexibility index (Phi) is 40.2. The lowest BCUT2D eigenvalue weighted by atomic mass is 9.90. The molecule has 0 aliphatic rings. The van der Waals surface area contributed by atoms with Gasteiger partial charge in [-0.05, 0) is 70.9 Å². The third-order valence-corrected chi connectivity index (χ3v) is 30.9. The average molecular weight is 1700 g/mol. The minimum absolute atomic E-state index is 0.439. The number of carbonyl (C=O) groups is 6. The van der Waals surface area contributed by atoms with Crippen LogP contribution in [0.3, 0.4) is 0 Å². The van der Waals surface area contributed by atoms with Gasteiger partial charge in [-0.3, -0.25) is 28.8 Å². The summed E-state index contributed by atoms with van der Waals surface area (Å²) in [4.78, 5) is 90.2. The van der Waals surface area contributed by atoms with E-state index < -0.39 is 131 Å². The fraction of sp³-hybridized carbons (Fsp3) is 0.314. The van der Waals surface area contributed by atoms with E-state index in [1.807, 2.05) is 36.4 Å². The second-order valence-corrected chi connectivity index (χ2v) is 40.0. The standard InChI is InChI=1S/C70H70O13S18/c1-90-63(84)96-51(45-25-13-7-14-26-45)57(71)78-39-69(40-79-58(72)52(97-64(85)91-2)46-27-15-8-16-28-46,41-80-59(73)53(98-65(86)92-3)47-29-17-9-18-30-47)37-77-38-70(42-81-60(74)54(99-66(87)93-4)48-31-19-10-20-32-48,43-82-61(75)55(100-67(88)94-5)49-33-21-11-22-34-49)44-83-62(76)56(101-68(89)95-6)50-35-23-12-24-36-50/h7-36,51-56H,37-44H2,1-6H3. The summed E-state index contributed by atoms with van der Waals surface area (Å²) in [5, 5.41) is -6.09. The van der Waals surface area contributed by atoms with Crippen molar-refractivity contribution >= 4 is 271 Å². The first-order valence-electron chi connectivity index (χ1n) is 30.1. The van der Waals surface area contributed by atoms with Gasteiger partial charge in [0.2, 0.25) is 0 Å². The van der Waals surface area contributed by atoms with Crippen molar-refractivity contribution in [1.29, 1.82) is 0 Å². The molecule has 6 unspecified atom stereocenters. The topological polar surface area (TPSA) is 167 Å². The van der Waals surface area contributed by atoms with Gasteiger partial charge in [0.05, 0.1) is 24.0 Å². The largest absolute Gasteiger partial charge is 0.464 e. The molecular weight excluding hydrogens is 1630 g/mol. The molecule has 0 aliphatic carbocycles. The highest BCUT2D eigenvalue weighted by Crippen LogP contribution is 2.42. The lowest BCUT2D eigenvalue weighted by Crippen LogP contribution is -2.48. The molecule has 0 saturated carbocycles. The van der Waals surface area contributed by atoms with Crippen molar-refractivity contribution in [2.24, 2.45) is 10.8 Å². The van der Waals surface area contributed by atoms with E-state index in [9.17, 15) is 0 Å². The summed E-state index contributed by atoms with van der Waals surface area (Å²) in [6.07, 6.45) is 10.8. The predicted octanol–water partition coefficient (Wildman–Crippen LogP) is 19.0. The van der Waals surface area contributed by atoms with Crippen LogP contribution in [0.1, 0.15) is 64.9 Å². The van der Waals surface area contributed by atoms with Gasteiger partial charge in [0.25, 0.3) is 0 Å². The molecule has 0 heterocycles. The zero-order chi connectivity index (χ0) is 73.2. The molecule has 0 saturated heterocycles. The maximum atomic E-state index is 15.0. The van der Waals surface area contributed by atoms with E-state index in [1.165, 1.54) is 70.6 Å². The normalized spacial score (nSPS) is 14.1. The lowest BCUT2D eigenvalue weighted by molar-refractivity contribution is -0.174. The Balaban J connectivity index is 1.57. The maximum Gasteiger partial charge on any atom is 0.324 e. The van der Waals surface area contributed by atoms with Crippen LogP contribution >= 0.6 is 214 Å². The van der Waals surface area contributed by atoms with Crippen molar-refractivity contribution in [3.63, 3.8) is 0 Å². The molecule has 0 aromatic heterocycles. The molecule has 0 amide bonds. The average Bonchev–Trinajstić information content (AvgIpc) is 0.825. The zero-order valence-electron chi connectivity index (χ0n) is 55.1. The molecule has 31 heteroatoms. The maximum absolute atomic E-state index is 15.0. The van der Waals surface area contributed by atoms with E-state index >= 15 is 28.8 Å². The number of esters is 6. The Morgan fingerprint density at radius 3 is 0.525 bits per heavy atom. The molecule has 0 bridgehead atoms. The lowest BCUT2D eigenvalue weighted by Gasteiger charge is -2.36. The Morgan fingerprint density at radius 2 is 0.396 bits per heavy atom. The molecule has 6 rings (SSSR count). The van der Waals surface area contributed by atoms with Crippen LogP contribution in [0.2, 0.25) is 0 Å². The molecular formula is C70H70O13S18. The molecule has 0 radical (unpaired) electrons. The second kappa shape index (κ2) is 46.8. The van der Waals surface area contributed by atoms with Crippen LogP contribution in [0.5, 0.6) is 0 Å². The van der Waals surface area contributed by atoms with E-state index in [0.29, 0.717) is 54.6 Å². The first-order chi connectivity index (χ1) is 48.7. The summed E-state index contributed by atoms with van der Waals surface area (Å²) >= 11 is 48.4. The highest BCUT2D eigenvalue weighted by molar-refractivity contribution is 8.49. The highest BCUT2D eigenvalue weighted by Gasteiger charge is 2.44. The minimum Gasteiger partial charge on any atom is -0.464 e. The van der Waals surface area contributed by atoms with Gasteiger partial charge in [-0.1, -0.05) is 326 Å². The number of carbonyl (C=O) groups excluding carboxylic acids is 6. The summed E-state index contributed by atoms with van der Waals surface area (Å²) in [5.41, 5.74) is -0.309. The van der Waals surface area contributed by atoms with Gasteiger partial charge in [0.15, 0.2) is 0 Å². The van der Waals surface area contributed by atoms with Gasteiger partial charge < -0.3 is 33.2 Å². The zero-order valence-corrected chi connectivity index (χ0v) is 69.8. The number of thioether (sulfide) groups is 12. The van der Waals surface area contributed by atoms with Crippen LogP contribution in [-0.4, -0.2) is 147 Å². The van der Waals surface area contributed by atoms with E-state index in [2.05, 4.69) is 0 Å². The number of hydrogen-bond donors (Lipinski definition) is 0. The number of rotatable bonds is 34. The Bertz CT molecular complexity index is 3110. The summed E-state index contributed by atoms with van der Waals surface area (Å²) < 4.78 is 48.2. The predicted molar refractivity (Wildman–Crippen MR) is 459 cm³/mol. The third kappa shape index (κ3) is 29.2. The van der Waals surface area contributed by atoms with Crippen molar-refractivity contribution in [2.45, 2.75) is 31.5 Å². The Labute approximate surface area is 674 Å². The van der Waals surface area contributed by atoms with Crippen molar-refractivity contribution in [1.82, 2.24) is 0 Å². The van der Waals surface area contributed by atoms with Crippen molar-refractivity contribution < 1.29 is 61.9 Å². The summed E-state index contributed by atoms with van der Waals surface area (Å²) in [7, 11) is 0. The van der Waals surface area contributed by atoms with Crippen LogP contribution in [0.4, 0.5) is 0 Å². The first-order valence-corrected chi connectivity index (χ1v) is 45.1. The molecule has 0 aliphatic heterocycles. The van der Waals surface area contributed by atoms with Gasteiger partial charge in [0.1, 0.15) is 92.3 Å². The monoisotopic (exact) mass is 1690 g/mol. The minimum atomic E-state index is -1.85. The van der Waals surface area contributed by atoms with Crippen LogP contribution in [0.25, 0.3) is 0 Å². The van der Waals surface area contributed by atoms with Gasteiger partial charge in [-0.25, -0.2) is 0 Å². The second-order valence-electron chi connectivity index (χ2n) is 21.3. The Morgan fingerprint density at radius 1 is 0.257 bits per heavy atom. The molecule has 6 aromatic carbocycles. The number of ether oxygens (including phenoxy) is 7. The summed E-state index contributed by atoms with van der Waals surface area (Å²) in [6.45, 7) is -5.05. The van der Waals surface area contributed by atoms with Crippen LogP contribution in [-0.2, 0) is 61.9 Å². The molecule has 6 aromatic rings. The van der Waals surface area contributed by atoms with Gasteiger partial charge in [-0.15, -0.1) is 70.6 Å². The summed E-state index contributed by atoms with van der Waals surface area (Å²) in [6, 6.07) is 53.4. The fourth-order valence-corrected chi connectivity index (χ4v) is 18.6. The SMILES string of the molecule is CSC(=S)SC(C(=O)OCC(COCC(COC(=O)C(SC(=S)SC)c1ccccc1)(COC(=O)C(SC(=S)SC)c1ccccc1)COC(=O)C(SC(=S)SC)c1ccccc1)(COC(=O)C(SC(=S)SC)c1ccccc1)COC(=O)C(SC(=S)SC)c1ccccc1)c1ccccc1. The summed E-state index contributed by atoms with van der Waals surface area (Å²) in [5.74, 6) is -4.52. The smallest absolute Gasteiger partial charge is 0.324 e. The van der Waals surface area contributed by atoms with E-state index in [4.69, 9.17) is 106 Å². The molecule has 0 spiro atoms. The van der Waals surface area contributed by atoms with Crippen molar-refractivity contribution in [2.75, 3.05) is 90.4 Å². The Hall–Kier alpha value is -3.16. The quantitative estimate of drug-likeness (QED) is 0.0212. The molecule has 0 fully saturated rings. The number of thiocarbonyl (C=S) groups is 6. The molecule has 13 nitrogen and oxygen atoms in total. The van der Waals surface area contributed by atoms with Crippen LogP contribution < -0.4 is 0 Å². The highest BCUT2D eigenvalue weighted by atomic mass is 32.3. The molecule has 536 valence electrons.